The summed E-state index contributed by atoms with van der Waals surface area (Å²) in [5.74, 6) is -0.300. The largest absolute Gasteiger partial charge is 0.497 e. The standard InChI is InChI=1S/C33H41FN6O3S/c1-43-21-7-8-26-22(15-21)20(17-38-26)9-11-37-33(42)24-18-40-27-5-2-3-6-28(27)44-32-29(25(34)16-23(30(32)40)31(24)41)36-10-4-13-39-14-12-35-19-39/h7-8,12,14-15,17-19,23,25,27-30,32,36,38H,2-6,9-11,13,16H2,1H3,(H,37,42). The first-order valence-corrected chi connectivity index (χ1v) is 16.9. The van der Waals surface area contributed by atoms with Gasteiger partial charge in [-0.3, -0.25) is 9.59 Å². The third-order valence-corrected chi connectivity index (χ3v) is 11.8. The number of thioether (sulfide) groups is 1. The fourth-order valence-corrected chi connectivity index (χ4v) is 9.93. The molecular weight excluding hydrogens is 579 g/mol. The normalized spacial score (nSPS) is 29.6. The number of benzene rings is 1. The van der Waals surface area contributed by atoms with Crippen LogP contribution in [0.2, 0.25) is 0 Å². The number of nitrogens with one attached hydrogen (secondary N) is 3. The van der Waals surface area contributed by atoms with E-state index in [1.54, 1.807) is 19.6 Å². The first kappa shape index (κ1) is 29.4. The molecule has 44 heavy (non-hydrogen) atoms. The van der Waals surface area contributed by atoms with E-state index in [1.807, 2.05) is 53.1 Å². The van der Waals surface area contributed by atoms with Gasteiger partial charge in [-0.2, -0.15) is 0 Å². The molecule has 3 aromatic rings. The summed E-state index contributed by atoms with van der Waals surface area (Å²) in [5.41, 5.74) is 2.26. The van der Waals surface area contributed by atoms with E-state index in [4.69, 9.17) is 4.74 Å². The van der Waals surface area contributed by atoms with Crippen LogP contribution in [0.5, 0.6) is 5.75 Å². The maximum absolute atomic E-state index is 16.0. The van der Waals surface area contributed by atoms with Gasteiger partial charge in [0.25, 0.3) is 5.91 Å². The van der Waals surface area contributed by atoms with E-state index in [9.17, 15) is 9.59 Å². The lowest BCUT2D eigenvalue weighted by atomic mass is 9.72. The molecule has 4 heterocycles. The summed E-state index contributed by atoms with van der Waals surface area (Å²) in [6.45, 7) is 1.92. The van der Waals surface area contributed by atoms with Crippen LogP contribution in [-0.2, 0) is 22.6 Å². The summed E-state index contributed by atoms with van der Waals surface area (Å²) in [6, 6.07) is 5.73. The highest BCUT2D eigenvalue weighted by molar-refractivity contribution is 8.00. The van der Waals surface area contributed by atoms with Gasteiger partial charge in [0.15, 0.2) is 5.78 Å². The average Bonchev–Trinajstić information content (AvgIpc) is 3.71. The number of ether oxygens (including phenoxy) is 1. The maximum atomic E-state index is 16.0. The molecule has 3 fully saturated rings. The van der Waals surface area contributed by atoms with Gasteiger partial charge < -0.3 is 29.8 Å². The summed E-state index contributed by atoms with van der Waals surface area (Å²) < 4.78 is 23.4. The van der Waals surface area contributed by atoms with Gasteiger partial charge in [0.2, 0.25) is 0 Å². The van der Waals surface area contributed by atoms with Gasteiger partial charge in [-0.25, -0.2) is 9.37 Å². The zero-order valence-electron chi connectivity index (χ0n) is 25.1. The van der Waals surface area contributed by atoms with Crippen molar-refractivity contribution in [3.8, 4) is 5.75 Å². The highest BCUT2D eigenvalue weighted by atomic mass is 32.2. The average molecular weight is 621 g/mol. The number of methoxy groups -OCH3 is 1. The Morgan fingerprint density at radius 3 is 2.98 bits per heavy atom. The van der Waals surface area contributed by atoms with Crippen molar-refractivity contribution < 1.29 is 18.7 Å². The second-order valence-corrected chi connectivity index (χ2v) is 14.0. The SMILES string of the molecule is COc1ccc2[nH]cc(CCNC(=O)C3=CN4C5CCCCC5SC5C(NCCCn6ccnc6)C(F)CC(C3=O)C54)c2c1. The number of fused-ring (bicyclic) bond motifs is 3. The molecule has 7 rings (SSSR count). The van der Waals surface area contributed by atoms with Gasteiger partial charge in [0.05, 0.1) is 31.1 Å². The molecule has 4 aliphatic rings. The number of Topliss-reactive ketones (excluding diaryl/α,β-unsaturated/α-hetero) is 1. The Hall–Kier alpha value is -3.31. The number of hydrogen-bond donors (Lipinski definition) is 3. The molecule has 2 aromatic heterocycles. The van der Waals surface area contributed by atoms with E-state index < -0.39 is 12.1 Å². The number of halogens is 1. The quantitative estimate of drug-likeness (QED) is 0.233. The zero-order valence-corrected chi connectivity index (χ0v) is 25.9. The second-order valence-electron chi connectivity index (χ2n) is 12.6. The van der Waals surface area contributed by atoms with E-state index >= 15 is 4.39 Å². The van der Waals surface area contributed by atoms with Gasteiger partial charge in [-0.1, -0.05) is 12.8 Å². The van der Waals surface area contributed by atoms with E-state index in [-0.39, 0.29) is 47.1 Å². The minimum atomic E-state index is -1.14. The topological polar surface area (TPSA) is 104 Å². The molecule has 7 atom stereocenters. The van der Waals surface area contributed by atoms with E-state index in [0.717, 1.165) is 54.4 Å². The van der Waals surface area contributed by atoms with Gasteiger partial charge in [0.1, 0.15) is 11.9 Å². The van der Waals surface area contributed by atoms with Crippen molar-refractivity contribution in [3.63, 3.8) is 0 Å². The van der Waals surface area contributed by atoms with Crippen LogP contribution in [0.15, 0.2) is 54.9 Å². The van der Waals surface area contributed by atoms with Crippen molar-refractivity contribution in [1.29, 1.82) is 0 Å². The summed E-state index contributed by atoms with van der Waals surface area (Å²) in [7, 11) is 1.64. The van der Waals surface area contributed by atoms with Crippen molar-refractivity contribution >= 4 is 34.4 Å². The molecule has 0 bridgehead atoms. The zero-order chi connectivity index (χ0) is 30.2. The van der Waals surface area contributed by atoms with Crippen molar-refractivity contribution in [1.82, 2.24) is 30.1 Å². The predicted octanol–water partition coefficient (Wildman–Crippen LogP) is 4.00. The third kappa shape index (κ3) is 5.53. The van der Waals surface area contributed by atoms with Crippen molar-refractivity contribution in [2.24, 2.45) is 5.92 Å². The molecule has 234 valence electrons. The Kier molecular flexibility index (Phi) is 8.41. The molecule has 0 radical (unpaired) electrons. The number of carbonyl (C=O) groups is 2. The third-order valence-electron chi connectivity index (χ3n) is 10.0. The lowest BCUT2D eigenvalue weighted by Gasteiger charge is -2.59. The van der Waals surface area contributed by atoms with Crippen LogP contribution >= 0.6 is 11.8 Å². The lowest BCUT2D eigenvalue weighted by molar-refractivity contribution is -0.130. The van der Waals surface area contributed by atoms with Crippen molar-refractivity contribution in [2.45, 2.75) is 86.3 Å². The summed E-state index contributed by atoms with van der Waals surface area (Å²) in [6.07, 6.45) is 14.2. The first-order chi connectivity index (χ1) is 21.5. The summed E-state index contributed by atoms with van der Waals surface area (Å²) >= 11 is 1.90. The maximum Gasteiger partial charge on any atom is 0.256 e. The molecule has 7 unspecified atom stereocenters. The lowest BCUT2D eigenvalue weighted by Crippen LogP contribution is -2.70. The number of rotatable bonds is 10. The number of aromatic nitrogens is 3. The molecule has 2 aliphatic heterocycles. The second kappa shape index (κ2) is 12.6. The van der Waals surface area contributed by atoms with E-state index in [1.165, 1.54) is 6.42 Å². The Balaban J connectivity index is 1.07. The Morgan fingerprint density at radius 2 is 2.14 bits per heavy atom. The molecule has 0 spiro atoms. The molecule has 1 amide bonds. The van der Waals surface area contributed by atoms with Crippen LogP contribution in [0, 0.1) is 5.92 Å². The van der Waals surface area contributed by atoms with Crippen LogP contribution < -0.4 is 15.4 Å². The highest BCUT2D eigenvalue weighted by Gasteiger charge is 2.57. The van der Waals surface area contributed by atoms with Gasteiger partial charge >= 0.3 is 0 Å². The number of H-pyrrole nitrogens is 1. The monoisotopic (exact) mass is 620 g/mol. The van der Waals surface area contributed by atoms with Crippen LogP contribution in [0.25, 0.3) is 10.9 Å². The fourth-order valence-electron chi connectivity index (χ4n) is 7.84. The molecule has 3 N–H and O–H groups in total. The molecule has 1 saturated heterocycles. The number of ketones is 1. The number of hydrogen-bond acceptors (Lipinski definition) is 7. The number of aryl methyl sites for hydroxylation is 1. The van der Waals surface area contributed by atoms with Gasteiger partial charge in [-0.05, 0) is 62.4 Å². The number of amides is 1. The Morgan fingerprint density at radius 1 is 1.25 bits per heavy atom. The van der Waals surface area contributed by atoms with Crippen molar-refractivity contribution in [2.75, 3.05) is 20.2 Å². The molecular formula is C33H41FN6O3S. The van der Waals surface area contributed by atoms with Crippen molar-refractivity contribution in [3.05, 3.63) is 60.5 Å². The Labute approximate surface area is 261 Å². The predicted molar refractivity (Wildman–Crippen MR) is 169 cm³/mol. The smallest absolute Gasteiger partial charge is 0.256 e. The summed E-state index contributed by atoms with van der Waals surface area (Å²) in [4.78, 5) is 37.1. The molecule has 11 heteroatoms. The fraction of sp³-hybridized carbons (Fsp3) is 0.545. The first-order valence-electron chi connectivity index (χ1n) is 16.0. The van der Waals surface area contributed by atoms with E-state index in [2.05, 4.69) is 25.5 Å². The number of aromatic amines is 1. The minimum Gasteiger partial charge on any atom is -0.497 e. The van der Waals surface area contributed by atoms with Crippen LogP contribution in [0.1, 0.15) is 44.1 Å². The van der Waals surface area contributed by atoms with Crippen LogP contribution in [0.3, 0.4) is 0 Å². The number of imidazole rings is 1. The van der Waals surface area contributed by atoms with Gasteiger partial charge in [-0.15, -0.1) is 11.8 Å². The van der Waals surface area contributed by atoms with Crippen LogP contribution in [0.4, 0.5) is 4.39 Å². The molecule has 1 aromatic carbocycles. The number of nitrogens with zero attached hydrogens (tertiary/aromatic N) is 3. The molecule has 9 nitrogen and oxygen atoms in total. The highest BCUT2D eigenvalue weighted by Crippen LogP contribution is 2.51. The number of carbonyl (C=O) groups excluding carboxylic acids is 2. The molecule has 2 saturated carbocycles. The van der Waals surface area contributed by atoms with Crippen LogP contribution in [-0.4, -0.2) is 86.1 Å². The van der Waals surface area contributed by atoms with E-state index in [0.29, 0.717) is 24.8 Å². The number of alkyl halides is 1. The summed E-state index contributed by atoms with van der Waals surface area (Å²) in [5, 5.41) is 7.94. The molecule has 2 aliphatic carbocycles. The Bertz CT molecular complexity index is 1520. The van der Waals surface area contributed by atoms with Gasteiger partial charge in [0, 0.05) is 71.2 Å². The minimum absolute atomic E-state index is 0.0416.